The van der Waals surface area contributed by atoms with E-state index in [4.69, 9.17) is 4.74 Å². The Balaban J connectivity index is 1.85. The highest BCUT2D eigenvalue weighted by atomic mass is 32.2. The molecule has 2 N–H and O–H groups in total. The number of fused-ring (bicyclic) bond motifs is 1. The molecule has 1 aromatic carbocycles. The van der Waals surface area contributed by atoms with Crippen molar-refractivity contribution in [2.45, 2.75) is 50.2 Å². The molecule has 4 heteroatoms. The van der Waals surface area contributed by atoms with Gasteiger partial charge >= 0.3 is 0 Å². The largest absolute Gasteiger partial charge is 0.491 e. The predicted octanol–water partition coefficient (Wildman–Crippen LogP) is 2.85. The monoisotopic (exact) mass is 295 g/mol. The van der Waals surface area contributed by atoms with E-state index in [-0.39, 0.29) is 0 Å². The van der Waals surface area contributed by atoms with Crippen LogP contribution in [0.2, 0.25) is 0 Å². The average Bonchev–Trinajstić information content (AvgIpc) is 2.67. The van der Waals surface area contributed by atoms with E-state index in [0.29, 0.717) is 19.2 Å². The van der Waals surface area contributed by atoms with E-state index >= 15 is 0 Å². The van der Waals surface area contributed by atoms with Crippen molar-refractivity contribution >= 4 is 11.8 Å². The molecule has 0 aliphatic carbocycles. The number of benzene rings is 1. The van der Waals surface area contributed by atoms with Gasteiger partial charge in [0.05, 0.1) is 0 Å². The number of aryl methyl sites for hydroxylation is 1. The summed E-state index contributed by atoms with van der Waals surface area (Å²) >= 11 is 1.94. The van der Waals surface area contributed by atoms with Crippen molar-refractivity contribution in [2.75, 3.05) is 18.9 Å². The summed E-state index contributed by atoms with van der Waals surface area (Å²) in [5.41, 5.74) is 1.39. The number of rotatable bonds is 6. The number of hydrogen-bond donors (Lipinski definition) is 2. The van der Waals surface area contributed by atoms with E-state index in [9.17, 15) is 5.11 Å². The summed E-state index contributed by atoms with van der Waals surface area (Å²) in [6, 6.07) is 6.68. The third-order valence-electron chi connectivity index (χ3n) is 3.33. The lowest BCUT2D eigenvalue weighted by molar-refractivity contribution is 0.104. The average molecular weight is 295 g/mol. The summed E-state index contributed by atoms with van der Waals surface area (Å²) < 4.78 is 5.71. The minimum atomic E-state index is -0.467. The molecule has 0 saturated carbocycles. The first kappa shape index (κ1) is 15.7. The number of hydrogen-bond acceptors (Lipinski definition) is 4. The van der Waals surface area contributed by atoms with Crippen LogP contribution in [-0.4, -0.2) is 36.2 Å². The van der Waals surface area contributed by atoms with Gasteiger partial charge in [0.1, 0.15) is 18.5 Å². The summed E-state index contributed by atoms with van der Waals surface area (Å²) in [6.45, 7) is 5.04. The Morgan fingerprint density at radius 2 is 2.20 bits per heavy atom. The van der Waals surface area contributed by atoms with Crippen LogP contribution in [0.1, 0.15) is 32.3 Å². The van der Waals surface area contributed by atoms with Gasteiger partial charge in [0.25, 0.3) is 0 Å². The first-order valence-electron chi connectivity index (χ1n) is 7.45. The molecule has 0 saturated heterocycles. The van der Waals surface area contributed by atoms with Crippen molar-refractivity contribution in [1.29, 1.82) is 0 Å². The third-order valence-corrected chi connectivity index (χ3v) is 4.54. The van der Waals surface area contributed by atoms with Crippen molar-refractivity contribution in [2.24, 2.45) is 0 Å². The molecule has 0 aromatic heterocycles. The first-order chi connectivity index (χ1) is 9.65. The highest BCUT2D eigenvalue weighted by Crippen LogP contribution is 2.31. The summed E-state index contributed by atoms with van der Waals surface area (Å²) in [7, 11) is 0. The lowest BCUT2D eigenvalue weighted by Crippen LogP contribution is -2.35. The molecule has 0 spiro atoms. The predicted molar refractivity (Wildman–Crippen MR) is 84.7 cm³/mol. The normalized spacial score (nSPS) is 16.6. The molecule has 0 bridgehead atoms. The van der Waals surface area contributed by atoms with Gasteiger partial charge in [-0.25, -0.2) is 0 Å². The Kier molecular flexibility index (Phi) is 6.20. The molecule has 0 fully saturated rings. The number of aliphatic hydroxyl groups is 1. The van der Waals surface area contributed by atoms with Crippen LogP contribution in [0.3, 0.4) is 0 Å². The maximum atomic E-state index is 9.85. The van der Waals surface area contributed by atoms with Gasteiger partial charge in [-0.1, -0.05) is 13.8 Å². The van der Waals surface area contributed by atoms with Gasteiger partial charge < -0.3 is 15.2 Å². The fourth-order valence-electron chi connectivity index (χ4n) is 2.20. The van der Waals surface area contributed by atoms with Crippen LogP contribution in [0.15, 0.2) is 23.1 Å². The fourth-order valence-corrected chi connectivity index (χ4v) is 3.28. The van der Waals surface area contributed by atoms with Gasteiger partial charge in [0.15, 0.2) is 0 Å². The van der Waals surface area contributed by atoms with Crippen molar-refractivity contribution in [3.8, 4) is 5.75 Å². The SMILES string of the molecule is CC(C)NC[C@H](O)COc1ccc2c(c1)CCCCS2. The molecule has 2 rings (SSSR count). The molecule has 0 unspecified atom stereocenters. The van der Waals surface area contributed by atoms with E-state index < -0.39 is 6.10 Å². The second kappa shape index (κ2) is 7.91. The topological polar surface area (TPSA) is 41.5 Å². The molecular formula is C16H25NO2S. The summed E-state index contributed by atoms with van der Waals surface area (Å²) in [5.74, 6) is 2.09. The standard InChI is InChI=1S/C16H25NO2S/c1-12(2)17-10-14(18)11-19-15-6-7-16-13(9-15)5-3-4-8-20-16/h6-7,9,12,14,17-18H,3-5,8,10-11H2,1-2H3/t14-/m0/s1. The molecule has 1 heterocycles. The maximum absolute atomic E-state index is 9.85. The minimum Gasteiger partial charge on any atom is -0.491 e. The molecule has 1 aromatic rings. The van der Waals surface area contributed by atoms with Gasteiger partial charge in [-0.2, -0.15) is 0 Å². The summed E-state index contributed by atoms with van der Waals surface area (Å²) in [5, 5.41) is 13.1. The molecule has 1 aliphatic heterocycles. The van der Waals surface area contributed by atoms with Crippen LogP contribution in [0.5, 0.6) is 5.75 Å². The molecular weight excluding hydrogens is 270 g/mol. The first-order valence-corrected chi connectivity index (χ1v) is 8.43. The number of aliphatic hydroxyl groups excluding tert-OH is 1. The van der Waals surface area contributed by atoms with Crippen LogP contribution >= 0.6 is 11.8 Å². The Hall–Kier alpha value is -0.710. The Labute approximate surface area is 126 Å². The number of thioether (sulfide) groups is 1. The van der Waals surface area contributed by atoms with Crippen molar-refractivity contribution in [1.82, 2.24) is 5.32 Å². The van der Waals surface area contributed by atoms with Crippen molar-refractivity contribution in [3.05, 3.63) is 23.8 Å². The maximum Gasteiger partial charge on any atom is 0.119 e. The molecule has 0 radical (unpaired) electrons. The molecule has 3 nitrogen and oxygen atoms in total. The van der Waals surface area contributed by atoms with E-state index in [2.05, 4.69) is 31.3 Å². The quantitative estimate of drug-likeness (QED) is 0.847. The smallest absolute Gasteiger partial charge is 0.119 e. The van der Waals surface area contributed by atoms with E-state index in [1.165, 1.54) is 29.1 Å². The van der Waals surface area contributed by atoms with E-state index in [0.717, 1.165) is 12.2 Å². The van der Waals surface area contributed by atoms with Gasteiger partial charge in [-0.05, 0) is 48.8 Å². The van der Waals surface area contributed by atoms with Crippen molar-refractivity contribution in [3.63, 3.8) is 0 Å². The highest BCUT2D eigenvalue weighted by molar-refractivity contribution is 7.99. The summed E-state index contributed by atoms with van der Waals surface area (Å²) in [6.07, 6.45) is 3.21. The lowest BCUT2D eigenvalue weighted by atomic mass is 10.1. The van der Waals surface area contributed by atoms with Crippen LogP contribution in [0, 0.1) is 0 Å². The zero-order valence-corrected chi connectivity index (χ0v) is 13.2. The van der Waals surface area contributed by atoms with E-state index in [1.54, 1.807) is 0 Å². The Morgan fingerprint density at radius 1 is 1.35 bits per heavy atom. The second-order valence-corrected chi connectivity index (χ2v) is 6.74. The van der Waals surface area contributed by atoms with E-state index in [1.807, 2.05) is 17.8 Å². The van der Waals surface area contributed by atoms with Gasteiger partial charge in [0, 0.05) is 17.5 Å². The zero-order valence-electron chi connectivity index (χ0n) is 12.4. The Morgan fingerprint density at radius 3 is 3.00 bits per heavy atom. The van der Waals surface area contributed by atoms with Crippen LogP contribution in [0.25, 0.3) is 0 Å². The van der Waals surface area contributed by atoms with Gasteiger partial charge in [-0.15, -0.1) is 11.8 Å². The number of ether oxygens (including phenoxy) is 1. The molecule has 0 amide bonds. The van der Waals surface area contributed by atoms with Crippen LogP contribution in [0.4, 0.5) is 0 Å². The van der Waals surface area contributed by atoms with Crippen molar-refractivity contribution < 1.29 is 9.84 Å². The second-order valence-electron chi connectivity index (χ2n) is 5.60. The van der Waals surface area contributed by atoms with Crippen LogP contribution < -0.4 is 10.1 Å². The minimum absolute atomic E-state index is 0.339. The number of nitrogens with one attached hydrogen (secondary N) is 1. The molecule has 1 atom stereocenters. The van der Waals surface area contributed by atoms with Gasteiger partial charge in [0.2, 0.25) is 0 Å². The Bertz CT molecular complexity index is 423. The van der Waals surface area contributed by atoms with Gasteiger partial charge in [-0.3, -0.25) is 0 Å². The lowest BCUT2D eigenvalue weighted by Gasteiger charge is -2.16. The van der Waals surface area contributed by atoms with Crippen LogP contribution in [-0.2, 0) is 6.42 Å². The summed E-state index contributed by atoms with van der Waals surface area (Å²) in [4.78, 5) is 1.39. The highest BCUT2D eigenvalue weighted by Gasteiger charge is 2.11. The molecule has 20 heavy (non-hydrogen) atoms. The molecule has 1 aliphatic rings. The fraction of sp³-hybridized carbons (Fsp3) is 0.625. The third kappa shape index (κ3) is 5.00. The molecule has 112 valence electrons. The zero-order chi connectivity index (χ0) is 14.4.